The van der Waals surface area contributed by atoms with Crippen molar-refractivity contribution in [2.75, 3.05) is 12.8 Å². The molecule has 3 heteroatoms. The van der Waals surface area contributed by atoms with Crippen LogP contribution in [0.4, 0.5) is 0 Å². The molecule has 4 aromatic rings. The van der Waals surface area contributed by atoms with Crippen LogP contribution in [0.3, 0.4) is 0 Å². The van der Waals surface area contributed by atoms with E-state index in [0.717, 1.165) is 18.5 Å². The molecule has 0 saturated heterocycles. The predicted molar refractivity (Wildman–Crippen MR) is 140 cm³/mol. The highest BCUT2D eigenvalue weighted by molar-refractivity contribution is 7.73. The average Bonchev–Trinajstić information content (AvgIpc) is 3.35. The number of benzene rings is 4. The molecule has 0 fully saturated rings. The van der Waals surface area contributed by atoms with Crippen LogP contribution in [-0.2, 0) is 4.74 Å². The number of hydrogen-bond donors (Lipinski definition) is 0. The van der Waals surface area contributed by atoms with E-state index in [4.69, 9.17) is 9.73 Å². The van der Waals surface area contributed by atoms with Crippen molar-refractivity contribution in [1.29, 1.82) is 0 Å². The SMILES string of the molecule is c1ccc(C(C2=N[C@@H](CCP(c3ccccc3)c3ccccc3)CO2)c2ccccc2)cc1. The van der Waals surface area contributed by atoms with Gasteiger partial charge >= 0.3 is 0 Å². The zero-order chi connectivity index (χ0) is 22.3. The third kappa shape index (κ3) is 5.24. The Hall–Kier alpha value is -3.22. The monoisotopic (exact) mass is 449 g/mol. The van der Waals surface area contributed by atoms with Crippen LogP contribution in [0.15, 0.2) is 126 Å². The molecule has 0 spiro atoms. The van der Waals surface area contributed by atoms with Crippen molar-refractivity contribution >= 4 is 24.4 Å². The van der Waals surface area contributed by atoms with Crippen molar-refractivity contribution in [3.8, 4) is 0 Å². The van der Waals surface area contributed by atoms with Crippen molar-refractivity contribution in [3.05, 3.63) is 132 Å². The molecule has 5 rings (SSSR count). The van der Waals surface area contributed by atoms with E-state index in [1.54, 1.807) is 0 Å². The van der Waals surface area contributed by atoms with E-state index in [2.05, 4.69) is 121 Å². The lowest BCUT2D eigenvalue weighted by Crippen LogP contribution is -2.17. The summed E-state index contributed by atoms with van der Waals surface area (Å²) in [6, 6.07) is 43.2. The van der Waals surface area contributed by atoms with Gasteiger partial charge < -0.3 is 4.74 Å². The summed E-state index contributed by atoms with van der Waals surface area (Å²) >= 11 is 0. The molecule has 0 amide bonds. The lowest BCUT2D eigenvalue weighted by Gasteiger charge is -2.19. The molecule has 164 valence electrons. The third-order valence-electron chi connectivity index (χ3n) is 6.07. The van der Waals surface area contributed by atoms with Crippen LogP contribution in [0, 0.1) is 0 Å². The summed E-state index contributed by atoms with van der Waals surface area (Å²) in [6.07, 6.45) is 2.13. The summed E-state index contributed by atoms with van der Waals surface area (Å²) in [5.74, 6) is 0.892. The molecule has 1 heterocycles. The highest BCUT2D eigenvalue weighted by Gasteiger charge is 2.29. The quantitative estimate of drug-likeness (QED) is 0.296. The van der Waals surface area contributed by atoms with Gasteiger partial charge in [0.2, 0.25) is 0 Å². The second-order valence-corrected chi connectivity index (χ2v) is 10.6. The zero-order valence-corrected chi connectivity index (χ0v) is 19.5. The van der Waals surface area contributed by atoms with Crippen molar-refractivity contribution in [2.45, 2.75) is 18.4 Å². The Bertz CT molecular complexity index is 1080. The molecule has 1 aliphatic rings. The number of aliphatic imine (C=N–C) groups is 1. The summed E-state index contributed by atoms with van der Waals surface area (Å²) in [5.41, 5.74) is 2.44. The molecule has 1 atom stereocenters. The number of hydrogen-bond acceptors (Lipinski definition) is 2. The van der Waals surface area contributed by atoms with Gasteiger partial charge in [-0.1, -0.05) is 121 Å². The molecule has 2 nitrogen and oxygen atoms in total. The molecule has 0 N–H and O–H groups in total. The van der Waals surface area contributed by atoms with Crippen molar-refractivity contribution in [3.63, 3.8) is 0 Å². The van der Waals surface area contributed by atoms with Crippen molar-refractivity contribution in [2.24, 2.45) is 4.99 Å². The number of nitrogens with zero attached hydrogens (tertiary/aromatic N) is 1. The van der Waals surface area contributed by atoms with Gasteiger partial charge in [-0.2, -0.15) is 0 Å². The third-order valence-corrected chi connectivity index (χ3v) is 8.62. The fraction of sp³-hybridized carbons (Fsp3) is 0.167. The van der Waals surface area contributed by atoms with E-state index >= 15 is 0 Å². The van der Waals surface area contributed by atoms with Gasteiger partial charge in [0.05, 0.1) is 12.0 Å². The topological polar surface area (TPSA) is 21.6 Å². The van der Waals surface area contributed by atoms with Crippen LogP contribution in [-0.4, -0.2) is 24.7 Å². The predicted octanol–water partition coefficient (Wildman–Crippen LogP) is 6.14. The van der Waals surface area contributed by atoms with E-state index in [1.165, 1.54) is 21.7 Å². The van der Waals surface area contributed by atoms with Gasteiger partial charge in [0.25, 0.3) is 0 Å². The number of ether oxygens (including phenoxy) is 1. The molecular weight excluding hydrogens is 421 g/mol. The van der Waals surface area contributed by atoms with E-state index in [0.29, 0.717) is 6.61 Å². The Labute approximate surface area is 197 Å². The van der Waals surface area contributed by atoms with Crippen molar-refractivity contribution < 1.29 is 4.74 Å². The Kier molecular flexibility index (Phi) is 6.94. The summed E-state index contributed by atoms with van der Waals surface area (Å²) in [4.78, 5) is 5.11. The maximum Gasteiger partial charge on any atom is 0.196 e. The Morgan fingerprint density at radius 3 is 1.61 bits per heavy atom. The summed E-state index contributed by atoms with van der Waals surface area (Å²) < 4.78 is 6.24. The Balaban J connectivity index is 1.36. The first-order valence-corrected chi connectivity index (χ1v) is 13.1. The van der Waals surface area contributed by atoms with Gasteiger partial charge in [0.15, 0.2) is 5.90 Å². The van der Waals surface area contributed by atoms with Crippen LogP contribution < -0.4 is 10.6 Å². The molecule has 0 aliphatic carbocycles. The maximum atomic E-state index is 6.24. The van der Waals surface area contributed by atoms with Gasteiger partial charge in [-0.15, -0.1) is 0 Å². The molecule has 4 aromatic carbocycles. The maximum absolute atomic E-state index is 6.24. The van der Waals surface area contributed by atoms with Gasteiger partial charge in [-0.05, 0) is 42.2 Å². The van der Waals surface area contributed by atoms with E-state index < -0.39 is 7.92 Å². The smallest absolute Gasteiger partial charge is 0.196 e. The minimum Gasteiger partial charge on any atom is -0.478 e. The van der Waals surface area contributed by atoms with Crippen LogP contribution in [0.25, 0.3) is 0 Å². The zero-order valence-electron chi connectivity index (χ0n) is 18.6. The number of rotatable bonds is 8. The molecule has 0 unspecified atom stereocenters. The fourth-order valence-corrected chi connectivity index (χ4v) is 6.85. The van der Waals surface area contributed by atoms with Crippen LogP contribution >= 0.6 is 7.92 Å². The molecular formula is C30H28NOP. The highest BCUT2D eigenvalue weighted by Crippen LogP contribution is 2.36. The average molecular weight is 450 g/mol. The van der Waals surface area contributed by atoms with E-state index in [1.807, 2.05) is 0 Å². The normalized spacial score (nSPS) is 15.5. The lowest BCUT2D eigenvalue weighted by atomic mass is 9.91. The Morgan fingerprint density at radius 2 is 1.12 bits per heavy atom. The summed E-state index contributed by atoms with van der Waals surface area (Å²) in [7, 11) is -0.409. The minimum atomic E-state index is -0.409. The first-order chi connectivity index (χ1) is 16.4. The standard InChI is InChI=1S/C30H28NOP/c1-5-13-24(14-6-1)29(25-15-7-2-8-16-25)30-31-26(23-32-30)21-22-33(27-17-9-3-10-18-27)28-19-11-4-12-20-28/h1-20,26,29H,21-23H2/t26-/m0/s1. The van der Waals surface area contributed by atoms with Crippen LogP contribution in [0.1, 0.15) is 23.5 Å². The van der Waals surface area contributed by atoms with Crippen molar-refractivity contribution in [1.82, 2.24) is 0 Å². The Morgan fingerprint density at radius 1 is 0.667 bits per heavy atom. The first kappa shape index (κ1) is 21.6. The molecule has 0 saturated carbocycles. The lowest BCUT2D eigenvalue weighted by molar-refractivity contribution is 0.306. The van der Waals surface area contributed by atoms with Gasteiger partial charge in [0, 0.05) is 0 Å². The molecule has 0 radical (unpaired) electrons. The van der Waals surface area contributed by atoms with E-state index in [-0.39, 0.29) is 12.0 Å². The van der Waals surface area contributed by atoms with Crippen LogP contribution in [0.5, 0.6) is 0 Å². The first-order valence-electron chi connectivity index (χ1n) is 11.6. The molecule has 33 heavy (non-hydrogen) atoms. The second kappa shape index (κ2) is 10.6. The van der Waals surface area contributed by atoms with Gasteiger partial charge in [0.1, 0.15) is 6.61 Å². The highest BCUT2D eigenvalue weighted by atomic mass is 31.1. The van der Waals surface area contributed by atoms with Gasteiger partial charge in [-0.3, -0.25) is 0 Å². The van der Waals surface area contributed by atoms with Gasteiger partial charge in [-0.25, -0.2) is 4.99 Å². The summed E-state index contributed by atoms with van der Waals surface area (Å²) in [6.45, 7) is 0.665. The largest absolute Gasteiger partial charge is 0.478 e. The van der Waals surface area contributed by atoms with E-state index in [9.17, 15) is 0 Å². The molecule has 1 aliphatic heterocycles. The second-order valence-electron chi connectivity index (χ2n) is 8.30. The van der Waals surface area contributed by atoms with Crippen LogP contribution in [0.2, 0.25) is 0 Å². The summed E-state index contributed by atoms with van der Waals surface area (Å²) in [5, 5.41) is 2.85. The minimum absolute atomic E-state index is 0.0437. The molecule has 0 bridgehead atoms. The molecule has 0 aromatic heterocycles. The fourth-order valence-electron chi connectivity index (χ4n) is 4.41.